The zero-order chi connectivity index (χ0) is 17.1. The number of imide groups is 1. The van der Waals surface area contributed by atoms with E-state index in [-0.39, 0.29) is 13.2 Å². The van der Waals surface area contributed by atoms with Crippen LogP contribution in [0.25, 0.3) is 10.8 Å². The molecular weight excluding hydrogens is 312 g/mol. The molecule has 0 saturated carbocycles. The standard InChI is InChI=1S/C17H18N2O5/c1-23-9-10-24-14-6-5-13-15-11(14)3-2-4-12(15)16(21)19(17(13)22)18-7-8-20/h2-6,18,20H,7-10H2,1H3. The average molecular weight is 330 g/mol. The van der Waals surface area contributed by atoms with Gasteiger partial charge < -0.3 is 14.6 Å². The Balaban J connectivity index is 2.06. The van der Waals surface area contributed by atoms with Crippen molar-refractivity contribution in [3.05, 3.63) is 41.5 Å². The number of aliphatic hydroxyl groups is 1. The van der Waals surface area contributed by atoms with Crippen molar-refractivity contribution < 1.29 is 24.2 Å². The molecular formula is C17H18N2O5. The van der Waals surface area contributed by atoms with Crippen LogP contribution < -0.4 is 10.2 Å². The van der Waals surface area contributed by atoms with E-state index in [0.717, 1.165) is 5.01 Å². The number of hydrazine groups is 1. The van der Waals surface area contributed by atoms with Gasteiger partial charge in [-0.25, -0.2) is 10.4 Å². The van der Waals surface area contributed by atoms with Gasteiger partial charge in [0.25, 0.3) is 11.8 Å². The fraction of sp³-hybridized carbons (Fsp3) is 0.294. The smallest absolute Gasteiger partial charge is 0.275 e. The van der Waals surface area contributed by atoms with Crippen LogP contribution in [0, 0.1) is 0 Å². The number of benzene rings is 2. The first-order valence-corrected chi connectivity index (χ1v) is 7.59. The summed E-state index contributed by atoms with van der Waals surface area (Å²) in [6.07, 6.45) is 0. The van der Waals surface area contributed by atoms with Gasteiger partial charge in [0.2, 0.25) is 0 Å². The third-order valence-electron chi connectivity index (χ3n) is 3.79. The number of ether oxygens (including phenoxy) is 2. The molecule has 2 N–H and O–H groups in total. The van der Waals surface area contributed by atoms with Crippen molar-refractivity contribution in [2.24, 2.45) is 0 Å². The molecule has 0 fully saturated rings. The number of carbonyl (C=O) groups is 2. The zero-order valence-corrected chi connectivity index (χ0v) is 13.2. The molecule has 2 amide bonds. The minimum Gasteiger partial charge on any atom is -0.491 e. The Morgan fingerprint density at radius 1 is 1.08 bits per heavy atom. The molecule has 0 atom stereocenters. The molecule has 7 heteroatoms. The van der Waals surface area contributed by atoms with Gasteiger partial charge in [0.05, 0.1) is 24.3 Å². The van der Waals surface area contributed by atoms with E-state index in [1.54, 1.807) is 31.4 Å². The summed E-state index contributed by atoms with van der Waals surface area (Å²) < 4.78 is 10.7. The topological polar surface area (TPSA) is 88.1 Å². The molecule has 126 valence electrons. The number of nitrogens with zero attached hydrogens (tertiary/aromatic N) is 1. The summed E-state index contributed by atoms with van der Waals surface area (Å²) >= 11 is 0. The molecule has 0 aliphatic carbocycles. The van der Waals surface area contributed by atoms with Gasteiger partial charge in [0, 0.05) is 24.4 Å². The summed E-state index contributed by atoms with van der Waals surface area (Å²) in [5.41, 5.74) is 3.49. The maximum atomic E-state index is 12.6. The fourth-order valence-corrected chi connectivity index (χ4v) is 2.74. The van der Waals surface area contributed by atoms with Crippen molar-refractivity contribution >= 4 is 22.6 Å². The largest absolute Gasteiger partial charge is 0.491 e. The Kier molecular flexibility index (Phi) is 4.75. The summed E-state index contributed by atoms with van der Waals surface area (Å²) in [5.74, 6) is -0.286. The summed E-state index contributed by atoms with van der Waals surface area (Å²) in [7, 11) is 1.59. The lowest BCUT2D eigenvalue weighted by atomic mass is 9.94. The molecule has 0 bridgehead atoms. The maximum absolute atomic E-state index is 12.6. The van der Waals surface area contributed by atoms with Gasteiger partial charge in [-0.15, -0.1) is 0 Å². The van der Waals surface area contributed by atoms with E-state index in [2.05, 4.69) is 5.43 Å². The van der Waals surface area contributed by atoms with E-state index < -0.39 is 11.8 Å². The highest BCUT2D eigenvalue weighted by Crippen LogP contribution is 2.35. The Morgan fingerprint density at radius 2 is 1.83 bits per heavy atom. The minimum atomic E-state index is -0.444. The van der Waals surface area contributed by atoms with Crippen LogP contribution in [0.3, 0.4) is 0 Å². The van der Waals surface area contributed by atoms with Gasteiger partial charge in [0.15, 0.2) is 0 Å². The Morgan fingerprint density at radius 3 is 2.54 bits per heavy atom. The van der Waals surface area contributed by atoms with E-state index in [4.69, 9.17) is 14.6 Å². The van der Waals surface area contributed by atoms with E-state index in [0.29, 0.717) is 40.9 Å². The molecule has 7 nitrogen and oxygen atoms in total. The molecule has 0 spiro atoms. The summed E-state index contributed by atoms with van der Waals surface area (Å²) in [5, 5.41) is 11.2. The minimum absolute atomic E-state index is 0.112. The molecule has 2 aromatic rings. The first kappa shape index (κ1) is 16.4. The van der Waals surface area contributed by atoms with Crippen LogP contribution in [-0.4, -0.2) is 55.4 Å². The van der Waals surface area contributed by atoms with Gasteiger partial charge in [-0.2, -0.15) is 0 Å². The molecule has 2 aromatic carbocycles. The quantitative estimate of drug-likeness (QED) is 0.581. The Hall–Kier alpha value is -2.48. The highest BCUT2D eigenvalue weighted by atomic mass is 16.5. The van der Waals surface area contributed by atoms with Crippen LogP contribution >= 0.6 is 0 Å². The van der Waals surface area contributed by atoms with Gasteiger partial charge in [0.1, 0.15) is 12.4 Å². The molecule has 1 heterocycles. The molecule has 0 saturated heterocycles. The van der Waals surface area contributed by atoms with Crippen molar-refractivity contribution in [2.75, 3.05) is 33.5 Å². The molecule has 0 unspecified atom stereocenters. The van der Waals surface area contributed by atoms with Crippen molar-refractivity contribution in [1.29, 1.82) is 0 Å². The number of carbonyl (C=O) groups excluding carboxylic acids is 2. The van der Waals surface area contributed by atoms with E-state index >= 15 is 0 Å². The van der Waals surface area contributed by atoms with Crippen LogP contribution in [0.2, 0.25) is 0 Å². The van der Waals surface area contributed by atoms with Crippen LogP contribution in [0.4, 0.5) is 0 Å². The number of aliphatic hydroxyl groups excluding tert-OH is 1. The molecule has 1 aliphatic rings. The highest BCUT2D eigenvalue weighted by Gasteiger charge is 2.33. The molecule has 0 aromatic heterocycles. The van der Waals surface area contributed by atoms with Crippen molar-refractivity contribution in [3.8, 4) is 5.75 Å². The first-order chi connectivity index (χ1) is 11.7. The van der Waals surface area contributed by atoms with E-state index in [1.165, 1.54) is 0 Å². The van der Waals surface area contributed by atoms with Gasteiger partial charge in [-0.1, -0.05) is 12.1 Å². The van der Waals surface area contributed by atoms with Gasteiger partial charge in [-0.05, 0) is 18.2 Å². The van der Waals surface area contributed by atoms with Gasteiger partial charge >= 0.3 is 0 Å². The number of hydrogen-bond acceptors (Lipinski definition) is 6. The maximum Gasteiger partial charge on any atom is 0.275 e. The number of rotatable bonds is 7. The zero-order valence-electron chi connectivity index (χ0n) is 13.2. The lowest BCUT2D eigenvalue weighted by Crippen LogP contribution is -2.50. The van der Waals surface area contributed by atoms with Crippen molar-refractivity contribution in [3.63, 3.8) is 0 Å². The second kappa shape index (κ2) is 6.96. The van der Waals surface area contributed by atoms with Gasteiger partial charge in [-0.3, -0.25) is 9.59 Å². The predicted molar refractivity (Wildman–Crippen MR) is 86.9 cm³/mol. The van der Waals surface area contributed by atoms with Crippen LogP contribution in [-0.2, 0) is 4.74 Å². The van der Waals surface area contributed by atoms with Crippen molar-refractivity contribution in [2.45, 2.75) is 0 Å². The lowest BCUT2D eigenvalue weighted by Gasteiger charge is -2.27. The van der Waals surface area contributed by atoms with Crippen molar-refractivity contribution in [1.82, 2.24) is 10.4 Å². The number of hydrogen-bond donors (Lipinski definition) is 2. The summed E-state index contributed by atoms with van der Waals surface area (Å²) in [6, 6.07) is 8.61. The number of amides is 2. The third-order valence-corrected chi connectivity index (χ3v) is 3.79. The summed E-state index contributed by atoms with van der Waals surface area (Å²) in [4.78, 5) is 25.2. The van der Waals surface area contributed by atoms with E-state index in [9.17, 15) is 9.59 Å². The monoisotopic (exact) mass is 330 g/mol. The molecule has 3 rings (SSSR count). The van der Waals surface area contributed by atoms with Crippen LogP contribution in [0.15, 0.2) is 30.3 Å². The molecule has 1 aliphatic heterocycles. The number of methoxy groups -OCH3 is 1. The second-order valence-electron chi connectivity index (χ2n) is 5.26. The lowest BCUT2D eigenvalue weighted by molar-refractivity contribution is 0.0509. The number of nitrogens with one attached hydrogen (secondary N) is 1. The predicted octanol–water partition coefficient (Wildman–Crippen LogP) is 0.958. The molecule has 0 radical (unpaired) electrons. The third kappa shape index (κ3) is 2.73. The second-order valence-corrected chi connectivity index (χ2v) is 5.26. The van der Waals surface area contributed by atoms with Crippen LogP contribution in [0.5, 0.6) is 5.75 Å². The average Bonchev–Trinajstić information content (AvgIpc) is 2.60. The van der Waals surface area contributed by atoms with Crippen LogP contribution in [0.1, 0.15) is 20.7 Å². The Bertz CT molecular complexity index is 768. The first-order valence-electron chi connectivity index (χ1n) is 7.59. The van der Waals surface area contributed by atoms with E-state index in [1.807, 2.05) is 6.07 Å². The fourth-order valence-electron chi connectivity index (χ4n) is 2.74. The highest BCUT2D eigenvalue weighted by molar-refractivity contribution is 6.25. The summed E-state index contributed by atoms with van der Waals surface area (Å²) in [6.45, 7) is 0.752. The SMILES string of the molecule is COCCOc1ccc2c3c(cccc13)C(=O)N(NCCO)C2=O. The molecule has 24 heavy (non-hydrogen) atoms. The normalized spacial score (nSPS) is 13.7. The Labute approximate surface area is 138 Å².